The second-order valence-corrected chi connectivity index (χ2v) is 5.32. The van der Waals surface area contributed by atoms with E-state index >= 15 is 0 Å². The summed E-state index contributed by atoms with van der Waals surface area (Å²) in [7, 11) is 1.69. The van der Waals surface area contributed by atoms with Gasteiger partial charge < -0.3 is 10.1 Å². The minimum Gasteiger partial charge on any atom is -0.497 e. The first-order chi connectivity index (χ1) is 9.28. The molecular formula is C16H18BrNO. The third-order valence-corrected chi connectivity index (χ3v) is 3.52. The molecule has 0 saturated heterocycles. The Morgan fingerprint density at radius 3 is 2.21 bits per heavy atom. The van der Waals surface area contributed by atoms with Gasteiger partial charge in [-0.25, -0.2) is 0 Å². The Morgan fingerprint density at radius 1 is 0.947 bits per heavy atom. The zero-order chi connectivity index (χ0) is 13.5. The zero-order valence-electron chi connectivity index (χ0n) is 11.0. The summed E-state index contributed by atoms with van der Waals surface area (Å²) in [6.07, 6.45) is 1.03. The third-order valence-electron chi connectivity index (χ3n) is 2.99. The number of halogens is 1. The maximum atomic E-state index is 5.14. The number of rotatable bonds is 6. The van der Waals surface area contributed by atoms with Crippen LogP contribution in [0.15, 0.2) is 53.0 Å². The summed E-state index contributed by atoms with van der Waals surface area (Å²) in [5.74, 6) is 0.909. The molecule has 0 aliphatic rings. The molecule has 0 atom stereocenters. The summed E-state index contributed by atoms with van der Waals surface area (Å²) in [5, 5.41) is 3.45. The van der Waals surface area contributed by atoms with E-state index in [0.29, 0.717) is 0 Å². The minimum absolute atomic E-state index is 0.906. The lowest BCUT2D eigenvalue weighted by molar-refractivity contribution is 0.414. The highest BCUT2D eigenvalue weighted by Gasteiger charge is 1.96. The maximum Gasteiger partial charge on any atom is 0.118 e. The molecular weight excluding hydrogens is 302 g/mol. The fourth-order valence-corrected chi connectivity index (χ4v) is 2.12. The summed E-state index contributed by atoms with van der Waals surface area (Å²) < 4.78 is 6.26. The molecule has 0 aliphatic carbocycles. The molecule has 0 bridgehead atoms. The van der Waals surface area contributed by atoms with Crippen LogP contribution in [0, 0.1) is 0 Å². The van der Waals surface area contributed by atoms with Crippen LogP contribution in [0.2, 0.25) is 0 Å². The zero-order valence-corrected chi connectivity index (χ0v) is 12.6. The first kappa shape index (κ1) is 14.1. The maximum absolute atomic E-state index is 5.14. The van der Waals surface area contributed by atoms with Crippen molar-refractivity contribution >= 4 is 15.9 Å². The Hall–Kier alpha value is -1.32. The predicted octanol–water partition coefficient (Wildman–Crippen LogP) is 3.79. The Balaban J connectivity index is 1.72. The van der Waals surface area contributed by atoms with Gasteiger partial charge in [-0.2, -0.15) is 0 Å². The molecule has 2 rings (SSSR count). The summed E-state index contributed by atoms with van der Waals surface area (Å²) in [5.41, 5.74) is 2.63. The monoisotopic (exact) mass is 319 g/mol. The second kappa shape index (κ2) is 7.31. The van der Waals surface area contributed by atoms with Gasteiger partial charge >= 0.3 is 0 Å². The Labute approximate surface area is 122 Å². The predicted molar refractivity (Wildman–Crippen MR) is 82.5 cm³/mol. The number of hydrogen-bond acceptors (Lipinski definition) is 2. The van der Waals surface area contributed by atoms with Gasteiger partial charge in [0.05, 0.1) is 7.11 Å². The minimum atomic E-state index is 0.906. The van der Waals surface area contributed by atoms with Crippen molar-refractivity contribution in [3.63, 3.8) is 0 Å². The molecule has 0 radical (unpaired) electrons. The van der Waals surface area contributed by atoms with Crippen LogP contribution in [0.5, 0.6) is 5.75 Å². The summed E-state index contributed by atoms with van der Waals surface area (Å²) in [6.45, 7) is 1.88. The molecule has 1 N–H and O–H groups in total. The topological polar surface area (TPSA) is 21.3 Å². The number of nitrogens with one attached hydrogen (secondary N) is 1. The van der Waals surface area contributed by atoms with Crippen molar-refractivity contribution in [2.45, 2.75) is 13.0 Å². The van der Waals surface area contributed by atoms with Crippen LogP contribution in [0.4, 0.5) is 0 Å². The number of hydrogen-bond donors (Lipinski definition) is 1. The van der Waals surface area contributed by atoms with Crippen LogP contribution in [0.25, 0.3) is 0 Å². The average molecular weight is 320 g/mol. The third kappa shape index (κ3) is 4.69. The fourth-order valence-electron chi connectivity index (χ4n) is 1.86. The molecule has 0 heterocycles. The van der Waals surface area contributed by atoms with Gasteiger partial charge in [-0.05, 0) is 48.4 Å². The van der Waals surface area contributed by atoms with E-state index in [9.17, 15) is 0 Å². The van der Waals surface area contributed by atoms with E-state index in [1.54, 1.807) is 7.11 Å². The van der Waals surface area contributed by atoms with Gasteiger partial charge in [0.25, 0.3) is 0 Å². The van der Waals surface area contributed by atoms with Crippen LogP contribution in [-0.2, 0) is 13.0 Å². The highest BCUT2D eigenvalue weighted by atomic mass is 79.9. The molecule has 100 valence electrons. The van der Waals surface area contributed by atoms with Crippen molar-refractivity contribution in [3.05, 3.63) is 64.1 Å². The molecule has 0 spiro atoms. The molecule has 0 amide bonds. The molecule has 3 heteroatoms. The van der Waals surface area contributed by atoms with Crippen molar-refractivity contribution in [2.24, 2.45) is 0 Å². The molecule has 2 aromatic rings. The van der Waals surface area contributed by atoms with Crippen molar-refractivity contribution in [1.82, 2.24) is 5.32 Å². The summed E-state index contributed by atoms with van der Waals surface area (Å²) >= 11 is 3.44. The van der Waals surface area contributed by atoms with Gasteiger partial charge in [0, 0.05) is 11.0 Å². The standard InChI is InChI=1S/C16H18BrNO/c1-19-16-8-4-13(5-9-16)10-11-18-12-14-2-6-15(17)7-3-14/h2-9,18H,10-12H2,1H3. The average Bonchev–Trinajstić information content (AvgIpc) is 2.46. The van der Waals surface area contributed by atoms with Crippen LogP contribution in [-0.4, -0.2) is 13.7 Å². The Morgan fingerprint density at radius 2 is 1.58 bits per heavy atom. The van der Waals surface area contributed by atoms with E-state index in [1.165, 1.54) is 11.1 Å². The Bertz CT molecular complexity index is 493. The quantitative estimate of drug-likeness (QED) is 0.818. The number of benzene rings is 2. The van der Waals surface area contributed by atoms with Crippen LogP contribution in [0.3, 0.4) is 0 Å². The smallest absolute Gasteiger partial charge is 0.118 e. The molecule has 0 aliphatic heterocycles. The molecule has 2 aromatic carbocycles. The molecule has 0 fully saturated rings. The van der Waals surface area contributed by atoms with E-state index in [2.05, 4.69) is 57.6 Å². The highest BCUT2D eigenvalue weighted by Crippen LogP contribution is 2.12. The normalized spacial score (nSPS) is 10.4. The van der Waals surface area contributed by atoms with E-state index < -0.39 is 0 Å². The van der Waals surface area contributed by atoms with Gasteiger partial charge in [-0.15, -0.1) is 0 Å². The highest BCUT2D eigenvalue weighted by molar-refractivity contribution is 9.10. The lowest BCUT2D eigenvalue weighted by Gasteiger charge is -2.06. The van der Waals surface area contributed by atoms with Crippen LogP contribution in [0.1, 0.15) is 11.1 Å². The van der Waals surface area contributed by atoms with E-state index in [-0.39, 0.29) is 0 Å². The van der Waals surface area contributed by atoms with Gasteiger partial charge in [0.2, 0.25) is 0 Å². The van der Waals surface area contributed by atoms with E-state index in [1.807, 2.05) is 12.1 Å². The fraction of sp³-hybridized carbons (Fsp3) is 0.250. The van der Waals surface area contributed by atoms with Crippen LogP contribution < -0.4 is 10.1 Å². The summed E-state index contributed by atoms with van der Waals surface area (Å²) in [6, 6.07) is 16.6. The second-order valence-electron chi connectivity index (χ2n) is 4.40. The van der Waals surface area contributed by atoms with Crippen LogP contribution >= 0.6 is 15.9 Å². The first-order valence-corrected chi connectivity index (χ1v) is 7.15. The van der Waals surface area contributed by atoms with Crippen molar-refractivity contribution in [1.29, 1.82) is 0 Å². The first-order valence-electron chi connectivity index (χ1n) is 6.36. The lowest BCUT2D eigenvalue weighted by atomic mass is 10.1. The lowest BCUT2D eigenvalue weighted by Crippen LogP contribution is -2.16. The van der Waals surface area contributed by atoms with E-state index in [0.717, 1.165) is 29.7 Å². The SMILES string of the molecule is COc1ccc(CCNCc2ccc(Br)cc2)cc1. The van der Waals surface area contributed by atoms with Crippen molar-refractivity contribution < 1.29 is 4.74 Å². The number of ether oxygens (including phenoxy) is 1. The van der Waals surface area contributed by atoms with Crippen molar-refractivity contribution in [2.75, 3.05) is 13.7 Å². The van der Waals surface area contributed by atoms with Gasteiger partial charge in [0.15, 0.2) is 0 Å². The summed E-state index contributed by atoms with van der Waals surface area (Å²) in [4.78, 5) is 0. The molecule has 19 heavy (non-hydrogen) atoms. The van der Waals surface area contributed by atoms with Crippen molar-refractivity contribution in [3.8, 4) is 5.75 Å². The largest absolute Gasteiger partial charge is 0.497 e. The van der Waals surface area contributed by atoms with Gasteiger partial charge in [0.1, 0.15) is 5.75 Å². The van der Waals surface area contributed by atoms with Gasteiger partial charge in [-0.1, -0.05) is 40.2 Å². The Kier molecular flexibility index (Phi) is 5.43. The van der Waals surface area contributed by atoms with Gasteiger partial charge in [-0.3, -0.25) is 0 Å². The molecule has 0 saturated carbocycles. The molecule has 0 aromatic heterocycles. The molecule has 2 nitrogen and oxygen atoms in total. The molecule has 0 unspecified atom stereocenters. The number of methoxy groups -OCH3 is 1. The van der Waals surface area contributed by atoms with E-state index in [4.69, 9.17) is 4.74 Å².